The Labute approximate surface area is 201 Å². The van der Waals surface area contributed by atoms with Gasteiger partial charge >= 0.3 is 11.9 Å². The van der Waals surface area contributed by atoms with E-state index in [9.17, 15) is 9.59 Å². The van der Waals surface area contributed by atoms with Gasteiger partial charge in [-0.15, -0.1) is 0 Å². The van der Waals surface area contributed by atoms with E-state index < -0.39 is 11.9 Å². The minimum absolute atomic E-state index is 0.0236. The molecule has 11 nitrogen and oxygen atoms in total. The Balaban J connectivity index is 3.02. The lowest BCUT2D eigenvalue weighted by Gasteiger charge is -2.08. The van der Waals surface area contributed by atoms with Gasteiger partial charge in [0.2, 0.25) is 0 Å². The summed E-state index contributed by atoms with van der Waals surface area (Å²) in [5.74, 6) is 0.0196. The SMILES string of the molecule is O=C(O)CCSCCNCCCNCCOCCOCCOCCOCCCNCC(=O)O. The molecule has 0 rings (SSSR count). The fourth-order valence-corrected chi connectivity index (χ4v) is 3.21. The first-order chi connectivity index (χ1) is 16.1. The lowest BCUT2D eigenvalue weighted by atomic mass is 10.4. The highest BCUT2D eigenvalue weighted by Crippen LogP contribution is 2.00. The molecule has 0 amide bonds. The largest absolute Gasteiger partial charge is 0.481 e. The Morgan fingerprint density at radius 2 is 1.12 bits per heavy atom. The number of nitrogens with one attached hydrogen (secondary N) is 3. The molecule has 0 saturated carbocycles. The second-order valence-electron chi connectivity index (χ2n) is 6.98. The van der Waals surface area contributed by atoms with Crippen LogP contribution in [0.15, 0.2) is 0 Å². The Hall–Kier alpha value is -0.990. The number of carboxylic acids is 2. The molecule has 0 aliphatic rings. The van der Waals surface area contributed by atoms with E-state index in [1.54, 1.807) is 11.8 Å². The molecule has 0 aromatic heterocycles. The zero-order chi connectivity index (χ0) is 24.2. The summed E-state index contributed by atoms with van der Waals surface area (Å²) >= 11 is 1.66. The second kappa shape index (κ2) is 27.3. The first kappa shape index (κ1) is 32.0. The van der Waals surface area contributed by atoms with Gasteiger partial charge in [0.15, 0.2) is 0 Å². The smallest absolute Gasteiger partial charge is 0.317 e. The molecule has 0 radical (unpaired) electrons. The van der Waals surface area contributed by atoms with Crippen molar-refractivity contribution >= 4 is 23.7 Å². The number of carboxylic acid groups (broad SMARTS) is 2. The highest BCUT2D eigenvalue weighted by molar-refractivity contribution is 7.99. The normalized spacial score (nSPS) is 11.2. The molecule has 0 fully saturated rings. The Morgan fingerprint density at radius 1 is 0.576 bits per heavy atom. The molecule has 0 aromatic rings. The maximum atomic E-state index is 10.4. The predicted molar refractivity (Wildman–Crippen MR) is 128 cm³/mol. The predicted octanol–water partition coefficient (Wildman–Crippen LogP) is -0.106. The Kier molecular flexibility index (Phi) is 26.4. The van der Waals surface area contributed by atoms with Gasteiger partial charge in [0.1, 0.15) is 0 Å². The third kappa shape index (κ3) is 31.0. The number of thioether (sulfide) groups is 1. The minimum atomic E-state index is -0.856. The van der Waals surface area contributed by atoms with Gasteiger partial charge in [0.05, 0.1) is 59.2 Å². The van der Waals surface area contributed by atoms with Gasteiger partial charge < -0.3 is 45.1 Å². The molecular formula is C21H43N3O8S. The highest BCUT2D eigenvalue weighted by atomic mass is 32.2. The molecular weight excluding hydrogens is 454 g/mol. The molecule has 0 bridgehead atoms. The average molecular weight is 498 g/mol. The molecule has 33 heavy (non-hydrogen) atoms. The van der Waals surface area contributed by atoms with Crippen molar-refractivity contribution in [3.8, 4) is 0 Å². The second-order valence-corrected chi connectivity index (χ2v) is 8.21. The molecule has 0 unspecified atom stereocenters. The first-order valence-electron chi connectivity index (χ1n) is 11.6. The van der Waals surface area contributed by atoms with Gasteiger partial charge in [-0.25, -0.2) is 0 Å². The number of hydrogen-bond acceptors (Lipinski definition) is 10. The average Bonchev–Trinajstić information content (AvgIpc) is 2.78. The third-order valence-electron chi connectivity index (χ3n) is 4.05. The molecule has 0 aliphatic heterocycles. The summed E-state index contributed by atoms with van der Waals surface area (Å²) < 4.78 is 21.7. The summed E-state index contributed by atoms with van der Waals surface area (Å²) in [4.78, 5) is 20.7. The summed E-state index contributed by atoms with van der Waals surface area (Å²) in [7, 11) is 0. The summed E-state index contributed by atoms with van der Waals surface area (Å²) in [6.45, 7) is 8.57. The lowest BCUT2D eigenvalue weighted by molar-refractivity contribution is -0.137. The van der Waals surface area contributed by atoms with Gasteiger partial charge in [-0.3, -0.25) is 9.59 Å². The van der Waals surface area contributed by atoms with Gasteiger partial charge in [-0.1, -0.05) is 0 Å². The molecule has 5 N–H and O–H groups in total. The van der Waals surface area contributed by atoms with E-state index in [4.69, 9.17) is 29.2 Å². The number of carbonyl (C=O) groups is 2. The van der Waals surface area contributed by atoms with E-state index in [0.29, 0.717) is 65.2 Å². The fraction of sp³-hybridized carbons (Fsp3) is 0.905. The summed E-state index contributed by atoms with van der Waals surface area (Å²) in [6, 6.07) is 0. The molecule has 0 saturated heterocycles. The summed E-state index contributed by atoms with van der Waals surface area (Å²) in [5, 5.41) is 26.5. The number of rotatable bonds is 28. The maximum absolute atomic E-state index is 10.4. The van der Waals surface area contributed by atoms with Crippen molar-refractivity contribution in [1.82, 2.24) is 16.0 Å². The van der Waals surface area contributed by atoms with Crippen LogP contribution in [0.5, 0.6) is 0 Å². The van der Waals surface area contributed by atoms with E-state index in [1.165, 1.54) is 0 Å². The summed E-state index contributed by atoms with van der Waals surface area (Å²) in [6.07, 6.45) is 2.03. The topological polar surface area (TPSA) is 148 Å². The molecule has 0 heterocycles. The van der Waals surface area contributed by atoms with Crippen molar-refractivity contribution in [2.75, 3.05) is 104 Å². The van der Waals surface area contributed by atoms with Gasteiger partial charge in [-0.05, 0) is 32.5 Å². The van der Waals surface area contributed by atoms with Crippen molar-refractivity contribution in [3.05, 3.63) is 0 Å². The monoisotopic (exact) mass is 497 g/mol. The van der Waals surface area contributed by atoms with Crippen molar-refractivity contribution in [2.45, 2.75) is 19.3 Å². The van der Waals surface area contributed by atoms with Crippen LogP contribution in [-0.4, -0.2) is 126 Å². The Bertz CT molecular complexity index is 412. The van der Waals surface area contributed by atoms with Gasteiger partial charge in [0.25, 0.3) is 0 Å². The first-order valence-corrected chi connectivity index (χ1v) is 12.7. The van der Waals surface area contributed by atoms with Crippen LogP contribution in [0.2, 0.25) is 0 Å². The van der Waals surface area contributed by atoms with Crippen LogP contribution < -0.4 is 16.0 Å². The van der Waals surface area contributed by atoms with E-state index in [0.717, 1.165) is 44.8 Å². The van der Waals surface area contributed by atoms with Crippen LogP contribution in [-0.2, 0) is 28.5 Å². The number of hydrogen-bond donors (Lipinski definition) is 5. The number of aliphatic carboxylic acids is 2. The molecule has 12 heteroatoms. The van der Waals surface area contributed by atoms with Gasteiger partial charge in [0, 0.05) is 31.2 Å². The molecule has 0 aromatic carbocycles. The van der Waals surface area contributed by atoms with Crippen molar-refractivity contribution in [1.29, 1.82) is 0 Å². The van der Waals surface area contributed by atoms with Gasteiger partial charge in [-0.2, -0.15) is 11.8 Å². The van der Waals surface area contributed by atoms with Crippen LogP contribution in [0.3, 0.4) is 0 Å². The molecule has 196 valence electrons. The van der Waals surface area contributed by atoms with Crippen molar-refractivity contribution in [2.24, 2.45) is 0 Å². The van der Waals surface area contributed by atoms with Crippen LogP contribution in [0, 0.1) is 0 Å². The standard InChI is InChI=1S/C21H43N3O8S/c25-20(26)3-17-33-18-8-23-5-1-4-22-7-10-30-12-14-32-16-15-31-13-11-29-9-2-6-24-19-21(27)28/h22-24H,1-19H2,(H,25,26)(H,27,28). The van der Waals surface area contributed by atoms with E-state index >= 15 is 0 Å². The van der Waals surface area contributed by atoms with Crippen LogP contribution in [0.4, 0.5) is 0 Å². The molecule has 0 spiro atoms. The van der Waals surface area contributed by atoms with Crippen LogP contribution in [0.25, 0.3) is 0 Å². The third-order valence-corrected chi connectivity index (χ3v) is 5.03. The van der Waals surface area contributed by atoms with Crippen LogP contribution >= 0.6 is 11.8 Å². The molecule has 0 atom stereocenters. The summed E-state index contributed by atoms with van der Waals surface area (Å²) in [5.41, 5.74) is 0. The van der Waals surface area contributed by atoms with Crippen LogP contribution in [0.1, 0.15) is 19.3 Å². The highest BCUT2D eigenvalue weighted by Gasteiger charge is 1.97. The fourth-order valence-electron chi connectivity index (χ4n) is 2.39. The van der Waals surface area contributed by atoms with E-state index in [2.05, 4.69) is 16.0 Å². The van der Waals surface area contributed by atoms with E-state index in [1.807, 2.05) is 0 Å². The minimum Gasteiger partial charge on any atom is -0.481 e. The maximum Gasteiger partial charge on any atom is 0.317 e. The molecule has 0 aliphatic carbocycles. The zero-order valence-corrected chi connectivity index (χ0v) is 20.5. The van der Waals surface area contributed by atoms with Crippen molar-refractivity contribution in [3.63, 3.8) is 0 Å². The Morgan fingerprint density at radius 3 is 1.73 bits per heavy atom. The van der Waals surface area contributed by atoms with E-state index in [-0.39, 0.29) is 13.0 Å². The lowest BCUT2D eigenvalue weighted by Crippen LogP contribution is -2.26. The number of ether oxygens (including phenoxy) is 4. The zero-order valence-electron chi connectivity index (χ0n) is 19.7. The van der Waals surface area contributed by atoms with Crippen molar-refractivity contribution < 1.29 is 38.7 Å². The quantitative estimate of drug-likeness (QED) is 0.0919.